The molecule has 0 aromatic rings. The minimum absolute atomic E-state index is 0.207. The molecule has 1 unspecified atom stereocenters. The van der Waals surface area contributed by atoms with Gasteiger partial charge in [-0.2, -0.15) is 0 Å². The van der Waals surface area contributed by atoms with Crippen LogP contribution in [0.3, 0.4) is 0 Å². The summed E-state index contributed by atoms with van der Waals surface area (Å²) in [6.45, 7) is 3.13. The van der Waals surface area contributed by atoms with Crippen LogP contribution in [0.4, 0.5) is 0 Å². The molecule has 0 rings (SSSR count). The van der Waals surface area contributed by atoms with E-state index in [1.165, 1.54) is 11.8 Å². The minimum atomic E-state index is -1.66. The smallest absolute Gasteiger partial charge is 0.349 e. The topological polar surface area (TPSA) is 72.6 Å². The Balaban J connectivity index is 4.79. The van der Waals surface area contributed by atoms with Gasteiger partial charge in [-0.15, -0.1) is 0 Å². The molecule has 0 aromatic carbocycles. The Hall–Kier alpha value is -0.940. The maximum absolute atomic E-state index is 11.3. The van der Waals surface area contributed by atoms with E-state index in [-0.39, 0.29) is 6.61 Å². The largest absolute Gasteiger partial charge is 0.463 e. The molecule has 0 spiro atoms. The number of hydrogen-bond donors (Lipinski definition) is 1. The normalized spacial score (nSPS) is 15.2. The van der Waals surface area contributed by atoms with Crippen molar-refractivity contribution in [3.05, 3.63) is 0 Å². The predicted molar refractivity (Wildman–Crippen MR) is 47.9 cm³/mol. The first-order chi connectivity index (χ1) is 5.87. The number of Topliss-reactive ketones (excluding diaryl/α,β-unsaturated/α-hetero) is 1. The van der Waals surface area contributed by atoms with Crippen molar-refractivity contribution in [2.45, 2.75) is 19.5 Å². The van der Waals surface area contributed by atoms with Crippen LogP contribution in [0.25, 0.3) is 0 Å². The van der Waals surface area contributed by atoms with E-state index >= 15 is 0 Å². The zero-order valence-corrected chi connectivity index (χ0v) is 8.46. The molecule has 0 amide bonds. The molecule has 0 saturated carbocycles. The third-order valence-corrected chi connectivity index (χ3v) is 1.83. The van der Waals surface area contributed by atoms with Crippen LogP contribution in [0.2, 0.25) is 0 Å². The third kappa shape index (κ3) is 2.26. The predicted octanol–water partition coefficient (Wildman–Crippen LogP) is -0.645. The van der Waals surface area contributed by atoms with Crippen LogP contribution >= 0.6 is 0 Å². The quantitative estimate of drug-likeness (QED) is 0.361. The Morgan fingerprint density at radius 2 is 1.92 bits per heavy atom. The number of nitrogens with zero attached hydrogens (tertiary/aromatic N) is 1. The Morgan fingerprint density at radius 3 is 2.15 bits per heavy atom. The fraction of sp³-hybridized carbons (Fsp3) is 0.750. The Morgan fingerprint density at radius 1 is 1.46 bits per heavy atom. The molecule has 76 valence electrons. The molecular weight excluding hydrogens is 172 g/mol. The summed E-state index contributed by atoms with van der Waals surface area (Å²) in [7, 11) is 3.11. The number of nitrogens with two attached hydrogens (primary N) is 1. The molecule has 1 atom stereocenters. The Kier molecular flexibility index (Phi) is 4.03. The monoisotopic (exact) mass is 188 g/mol. The average Bonchev–Trinajstić information content (AvgIpc) is 2.02. The van der Waals surface area contributed by atoms with E-state index in [0.717, 1.165) is 0 Å². The number of esters is 1. The van der Waals surface area contributed by atoms with E-state index in [1.54, 1.807) is 21.0 Å². The zero-order chi connectivity index (χ0) is 10.6. The highest BCUT2D eigenvalue weighted by molar-refractivity contribution is 6.06. The first-order valence-electron chi connectivity index (χ1n) is 4.01. The van der Waals surface area contributed by atoms with E-state index in [4.69, 9.17) is 10.5 Å². The van der Waals surface area contributed by atoms with Crippen molar-refractivity contribution in [1.29, 1.82) is 0 Å². The average molecular weight is 188 g/mol. The number of carbonyl (C=O) groups excluding carboxylic acids is 2. The van der Waals surface area contributed by atoms with Gasteiger partial charge in [-0.1, -0.05) is 0 Å². The number of carbonyl (C=O) groups is 2. The summed E-state index contributed by atoms with van der Waals surface area (Å²) in [6, 6.07) is 0. The molecule has 2 N–H and O–H groups in total. The lowest BCUT2D eigenvalue weighted by Crippen LogP contribution is -2.64. The van der Waals surface area contributed by atoms with Gasteiger partial charge < -0.3 is 4.74 Å². The van der Waals surface area contributed by atoms with Gasteiger partial charge in [-0.3, -0.25) is 15.4 Å². The highest BCUT2D eigenvalue weighted by atomic mass is 16.5. The number of ketones is 1. The first-order valence-corrected chi connectivity index (χ1v) is 4.01. The second-order valence-electron chi connectivity index (χ2n) is 2.94. The van der Waals surface area contributed by atoms with Crippen LogP contribution in [0, 0.1) is 0 Å². The lowest BCUT2D eigenvalue weighted by atomic mass is 10.1. The molecular formula is C8H16N2O3. The lowest BCUT2D eigenvalue weighted by molar-refractivity contribution is -0.160. The van der Waals surface area contributed by atoms with Gasteiger partial charge in [0, 0.05) is 0 Å². The highest BCUT2D eigenvalue weighted by Gasteiger charge is 2.43. The summed E-state index contributed by atoms with van der Waals surface area (Å²) in [4.78, 5) is 23.8. The number of likely N-dealkylation sites (N-methyl/N-ethyl adjacent to an activating group) is 1. The van der Waals surface area contributed by atoms with Gasteiger partial charge in [-0.05, 0) is 27.9 Å². The molecule has 0 aliphatic rings. The summed E-state index contributed by atoms with van der Waals surface area (Å²) in [5, 5.41) is 0. The summed E-state index contributed by atoms with van der Waals surface area (Å²) in [6.07, 6.45) is 0. The Labute approximate surface area is 77.8 Å². The van der Waals surface area contributed by atoms with Crippen LogP contribution in [0.1, 0.15) is 13.8 Å². The van der Waals surface area contributed by atoms with Crippen LogP contribution in [0.5, 0.6) is 0 Å². The van der Waals surface area contributed by atoms with Crippen molar-refractivity contribution >= 4 is 11.8 Å². The van der Waals surface area contributed by atoms with Gasteiger partial charge in [0.25, 0.3) is 0 Å². The number of ether oxygens (including phenoxy) is 1. The van der Waals surface area contributed by atoms with Crippen molar-refractivity contribution in [2.75, 3.05) is 20.7 Å². The second-order valence-corrected chi connectivity index (χ2v) is 2.94. The van der Waals surface area contributed by atoms with Crippen molar-refractivity contribution < 1.29 is 14.3 Å². The van der Waals surface area contributed by atoms with Gasteiger partial charge in [0.05, 0.1) is 6.61 Å². The number of rotatable bonds is 4. The minimum Gasteiger partial charge on any atom is -0.463 e. The van der Waals surface area contributed by atoms with Crippen molar-refractivity contribution in [2.24, 2.45) is 5.73 Å². The van der Waals surface area contributed by atoms with Gasteiger partial charge in [-0.25, -0.2) is 4.79 Å². The molecule has 5 heteroatoms. The van der Waals surface area contributed by atoms with Crippen LogP contribution in [0.15, 0.2) is 0 Å². The molecule has 0 fully saturated rings. The molecule has 0 aromatic heterocycles. The van der Waals surface area contributed by atoms with E-state index in [0.29, 0.717) is 0 Å². The van der Waals surface area contributed by atoms with Crippen molar-refractivity contribution in [3.8, 4) is 0 Å². The fourth-order valence-corrected chi connectivity index (χ4v) is 0.882. The van der Waals surface area contributed by atoms with Crippen LogP contribution < -0.4 is 5.73 Å². The van der Waals surface area contributed by atoms with Gasteiger partial charge >= 0.3 is 5.97 Å². The molecule has 0 radical (unpaired) electrons. The van der Waals surface area contributed by atoms with E-state index in [9.17, 15) is 9.59 Å². The standard InChI is InChI=1S/C8H16N2O3/c1-5-13-7(12)8(9,6(2)11)10(3)4/h5,9H2,1-4H3. The summed E-state index contributed by atoms with van der Waals surface area (Å²) in [5.74, 6) is -1.15. The first kappa shape index (κ1) is 12.1. The SMILES string of the molecule is CCOC(=O)C(N)(C(C)=O)N(C)C. The third-order valence-electron chi connectivity index (χ3n) is 1.83. The Bertz CT molecular complexity index is 215. The molecule has 13 heavy (non-hydrogen) atoms. The fourth-order valence-electron chi connectivity index (χ4n) is 0.882. The molecule has 0 saturated heterocycles. The van der Waals surface area contributed by atoms with E-state index < -0.39 is 17.4 Å². The summed E-state index contributed by atoms with van der Waals surface area (Å²) < 4.78 is 4.70. The van der Waals surface area contributed by atoms with E-state index in [1.807, 2.05) is 0 Å². The maximum Gasteiger partial charge on any atom is 0.349 e. The zero-order valence-electron chi connectivity index (χ0n) is 8.46. The van der Waals surface area contributed by atoms with Crippen molar-refractivity contribution in [1.82, 2.24) is 4.90 Å². The van der Waals surface area contributed by atoms with E-state index in [2.05, 4.69) is 0 Å². The molecule has 0 aliphatic heterocycles. The van der Waals surface area contributed by atoms with Gasteiger partial charge in [0.2, 0.25) is 5.66 Å². The number of hydrogen-bond acceptors (Lipinski definition) is 5. The van der Waals surface area contributed by atoms with Gasteiger partial charge in [0.1, 0.15) is 0 Å². The highest BCUT2D eigenvalue weighted by Crippen LogP contribution is 2.08. The van der Waals surface area contributed by atoms with Gasteiger partial charge in [0.15, 0.2) is 5.78 Å². The summed E-state index contributed by atoms with van der Waals surface area (Å²) in [5.41, 5.74) is 3.96. The van der Waals surface area contributed by atoms with Crippen LogP contribution in [-0.2, 0) is 14.3 Å². The molecule has 0 bridgehead atoms. The lowest BCUT2D eigenvalue weighted by Gasteiger charge is -2.30. The molecule has 0 aliphatic carbocycles. The molecule has 0 heterocycles. The van der Waals surface area contributed by atoms with Crippen LogP contribution in [-0.4, -0.2) is 43.0 Å². The van der Waals surface area contributed by atoms with Crippen molar-refractivity contribution in [3.63, 3.8) is 0 Å². The maximum atomic E-state index is 11.3. The summed E-state index contributed by atoms with van der Waals surface area (Å²) >= 11 is 0. The second kappa shape index (κ2) is 4.34. The molecule has 5 nitrogen and oxygen atoms in total.